The summed E-state index contributed by atoms with van der Waals surface area (Å²) in [4.78, 5) is 12.8. The molecule has 3 nitrogen and oxygen atoms in total. The van der Waals surface area contributed by atoms with Crippen molar-refractivity contribution in [1.29, 1.82) is 0 Å². The Hall–Kier alpha value is -1.13. The largest absolute Gasteiger partial charge is 0.478 e. The van der Waals surface area contributed by atoms with Gasteiger partial charge in [-0.3, -0.25) is 0 Å². The Morgan fingerprint density at radius 3 is 3.00 bits per heavy atom. The molecule has 0 saturated carbocycles. The van der Waals surface area contributed by atoms with E-state index in [1.807, 2.05) is 37.0 Å². The van der Waals surface area contributed by atoms with Crippen LogP contribution in [0.5, 0.6) is 0 Å². The standard InChI is InChI=1S/C14H16ClNO2S/c1-16(11-7-8-19-9-11)14-10(5-6-13(17)18)3-2-4-12(14)15/h2-6,11H,7-9H2,1H3,(H,17,18)/b6-5+. The van der Waals surface area contributed by atoms with Gasteiger partial charge < -0.3 is 10.0 Å². The van der Waals surface area contributed by atoms with Crippen LogP contribution in [0.3, 0.4) is 0 Å². The third-order valence-corrected chi connectivity index (χ3v) is 4.68. The van der Waals surface area contributed by atoms with E-state index in [2.05, 4.69) is 4.90 Å². The molecule has 1 aliphatic rings. The van der Waals surface area contributed by atoms with E-state index in [1.54, 1.807) is 6.08 Å². The number of carboxylic acid groups (broad SMARTS) is 1. The predicted molar refractivity (Wildman–Crippen MR) is 82.3 cm³/mol. The maximum absolute atomic E-state index is 10.7. The van der Waals surface area contributed by atoms with Gasteiger partial charge in [0.25, 0.3) is 0 Å². The summed E-state index contributed by atoms with van der Waals surface area (Å²) in [5.41, 5.74) is 1.75. The molecule has 0 spiro atoms. The summed E-state index contributed by atoms with van der Waals surface area (Å²) in [6.45, 7) is 0. The van der Waals surface area contributed by atoms with Gasteiger partial charge in [0, 0.05) is 24.9 Å². The van der Waals surface area contributed by atoms with Crippen molar-refractivity contribution < 1.29 is 9.90 Å². The molecule has 19 heavy (non-hydrogen) atoms. The molecule has 1 aromatic carbocycles. The second-order valence-corrected chi connectivity index (χ2v) is 6.03. The SMILES string of the molecule is CN(c1c(Cl)cccc1/C=C/C(=O)O)C1CCSC1. The Morgan fingerprint density at radius 1 is 1.58 bits per heavy atom. The maximum atomic E-state index is 10.7. The van der Waals surface area contributed by atoms with Crippen molar-refractivity contribution >= 4 is 41.1 Å². The lowest BCUT2D eigenvalue weighted by atomic mass is 10.1. The van der Waals surface area contributed by atoms with Crippen molar-refractivity contribution in [2.24, 2.45) is 0 Å². The van der Waals surface area contributed by atoms with Crippen LogP contribution in [-0.4, -0.2) is 35.7 Å². The first-order valence-corrected chi connectivity index (χ1v) is 7.63. The Kier molecular flexibility index (Phi) is 4.77. The molecule has 1 N–H and O–H groups in total. The quantitative estimate of drug-likeness (QED) is 0.865. The monoisotopic (exact) mass is 297 g/mol. The molecule has 1 atom stereocenters. The lowest BCUT2D eigenvalue weighted by Gasteiger charge is -2.28. The maximum Gasteiger partial charge on any atom is 0.328 e. The summed E-state index contributed by atoms with van der Waals surface area (Å²) in [7, 11) is 2.02. The van der Waals surface area contributed by atoms with E-state index in [-0.39, 0.29) is 0 Å². The molecule has 1 aliphatic heterocycles. The number of carboxylic acids is 1. The van der Waals surface area contributed by atoms with Crippen LogP contribution in [0.25, 0.3) is 6.08 Å². The van der Waals surface area contributed by atoms with Crippen LogP contribution in [0.4, 0.5) is 5.69 Å². The molecule has 0 bridgehead atoms. The summed E-state index contributed by atoms with van der Waals surface area (Å²) in [5, 5.41) is 9.41. The van der Waals surface area contributed by atoms with Gasteiger partial charge in [-0.1, -0.05) is 23.7 Å². The van der Waals surface area contributed by atoms with Crippen LogP contribution < -0.4 is 4.90 Å². The average Bonchev–Trinajstić information content (AvgIpc) is 2.89. The van der Waals surface area contributed by atoms with E-state index < -0.39 is 5.97 Å². The number of carbonyl (C=O) groups is 1. The molecule has 1 saturated heterocycles. The molecule has 2 rings (SSSR count). The van der Waals surface area contributed by atoms with Crippen molar-refractivity contribution in [3.63, 3.8) is 0 Å². The molecule has 0 amide bonds. The first-order chi connectivity index (χ1) is 9.09. The number of benzene rings is 1. The molecule has 1 heterocycles. The number of hydrogen-bond acceptors (Lipinski definition) is 3. The molecular formula is C14H16ClNO2S. The van der Waals surface area contributed by atoms with E-state index in [1.165, 1.54) is 5.75 Å². The lowest BCUT2D eigenvalue weighted by molar-refractivity contribution is -0.131. The number of aliphatic carboxylic acids is 1. The van der Waals surface area contributed by atoms with Crippen molar-refractivity contribution in [3.8, 4) is 0 Å². The van der Waals surface area contributed by atoms with E-state index >= 15 is 0 Å². The normalized spacial score (nSPS) is 18.9. The van der Waals surface area contributed by atoms with Crippen LogP contribution in [0.2, 0.25) is 5.02 Å². The van der Waals surface area contributed by atoms with Gasteiger partial charge in [-0.15, -0.1) is 0 Å². The van der Waals surface area contributed by atoms with Crippen molar-refractivity contribution in [3.05, 3.63) is 34.9 Å². The summed E-state index contributed by atoms with van der Waals surface area (Å²) in [6.07, 6.45) is 3.88. The molecule has 0 aromatic heterocycles. The highest BCUT2D eigenvalue weighted by Gasteiger charge is 2.23. The second-order valence-electron chi connectivity index (χ2n) is 4.48. The van der Waals surface area contributed by atoms with Crippen molar-refractivity contribution in [2.45, 2.75) is 12.5 Å². The Balaban J connectivity index is 2.33. The first-order valence-electron chi connectivity index (χ1n) is 6.09. The molecule has 102 valence electrons. The van der Waals surface area contributed by atoms with Gasteiger partial charge in [0.2, 0.25) is 0 Å². The van der Waals surface area contributed by atoms with Gasteiger partial charge in [0.05, 0.1) is 10.7 Å². The Morgan fingerprint density at radius 2 is 2.37 bits per heavy atom. The number of rotatable bonds is 4. The van der Waals surface area contributed by atoms with Gasteiger partial charge >= 0.3 is 5.97 Å². The molecule has 1 fully saturated rings. The van der Waals surface area contributed by atoms with Gasteiger partial charge in [-0.2, -0.15) is 11.8 Å². The average molecular weight is 298 g/mol. The Bertz CT molecular complexity index is 498. The minimum Gasteiger partial charge on any atom is -0.478 e. The number of halogens is 1. The van der Waals surface area contributed by atoms with Crippen LogP contribution in [-0.2, 0) is 4.79 Å². The predicted octanol–water partition coefficient (Wildman–Crippen LogP) is 3.38. The van der Waals surface area contributed by atoms with Gasteiger partial charge in [-0.05, 0) is 29.9 Å². The highest BCUT2D eigenvalue weighted by atomic mass is 35.5. The smallest absolute Gasteiger partial charge is 0.328 e. The lowest BCUT2D eigenvalue weighted by Crippen LogP contribution is -2.32. The molecule has 1 unspecified atom stereocenters. The number of anilines is 1. The van der Waals surface area contributed by atoms with Gasteiger partial charge in [-0.25, -0.2) is 4.79 Å². The third kappa shape index (κ3) is 3.45. The van der Waals surface area contributed by atoms with E-state index in [4.69, 9.17) is 16.7 Å². The first kappa shape index (κ1) is 14.3. The molecule has 5 heteroatoms. The minimum absolute atomic E-state index is 0.460. The second kappa shape index (κ2) is 6.35. The van der Waals surface area contributed by atoms with Crippen LogP contribution in [0, 0.1) is 0 Å². The highest BCUT2D eigenvalue weighted by Crippen LogP contribution is 2.34. The number of thioether (sulfide) groups is 1. The van der Waals surface area contributed by atoms with Crippen LogP contribution >= 0.6 is 23.4 Å². The Labute approximate surface area is 122 Å². The summed E-state index contributed by atoms with van der Waals surface area (Å²) in [6, 6.07) is 6.03. The van der Waals surface area contributed by atoms with Crippen LogP contribution in [0.15, 0.2) is 24.3 Å². The fourth-order valence-corrected chi connectivity index (χ4v) is 3.79. The van der Waals surface area contributed by atoms with E-state index in [0.717, 1.165) is 29.5 Å². The number of para-hydroxylation sites is 1. The van der Waals surface area contributed by atoms with E-state index in [9.17, 15) is 4.79 Å². The zero-order valence-electron chi connectivity index (χ0n) is 10.7. The molecular weight excluding hydrogens is 282 g/mol. The highest BCUT2D eigenvalue weighted by molar-refractivity contribution is 7.99. The minimum atomic E-state index is -0.954. The molecule has 0 aliphatic carbocycles. The fraction of sp³-hybridized carbons (Fsp3) is 0.357. The summed E-state index contributed by atoms with van der Waals surface area (Å²) in [5.74, 6) is 1.30. The third-order valence-electron chi connectivity index (χ3n) is 3.23. The van der Waals surface area contributed by atoms with Crippen molar-refractivity contribution in [2.75, 3.05) is 23.5 Å². The summed E-state index contributed by atoms with van der Waals surface area (Å²) < 4.78 is 0. The molecule has 1 aromatic rings. The number of nitrogens with zero attached hydrogens (tertiary/aromatic N) is 1. The van der Waals surface area contributed by atoms with Crippen molar-refractivity contribution in [1.82, 2.24) is 0 Å². The zero-order chi connectivity index (χ0) is 13.8. The topological polar surface area (TPSA) is 40.5 Å². The van der Waals surface area contributed by atoms with E-state index in [0.29, 0.717) is 11.1 Å². The molecule has 0 radical (unpaired) electrons. The van der Waals surface area contributed by atoms with Gasteiger partial charge in [0.15, 0.2) is 0 Å². The zero-order valence-corrected chi connectivity index (χ0v) is 12.2. The number of hydrogen-bond donors (Lipinski definition) is 1. The fourth-order valence-electron chi connectivity index (χ4n) is 2.21. The van der Waals surface area contributed by atoms with Gasteiger partial charge in [0.1, 0.15) is 0 Å². The van der Waals surface area contributed by atoms with Crippen LogP contribution in [0.1, 0.15) is 12.0 Å². The summed E-state index contributed by atoms with van der Waals surface area (Å²) >= 11 is 8.23.